The van der Waals surface area contributed by atoms with E-state index in [1.165, 1.54) is 23.2 Å². The molecule has 3 rings (SSSR count). The van der Waals surface area contributed by atoms with Gasteiger partial charge in [0, 0.05) is 6.20 Å². The van der Waals surface area contributed by atoms with E-state index in [9.17, 15) is 0 Å². The Hall–Kier alpha value is -1.54. The van der Waals surface area contributed by atoms with Gasteiger partial charge in [0.2, 0.25) is 0 Å². The fourth-order valence-electron chi connectivity index (χ4n) is 2.69. The molecule has 1 aromatic heterocycles. The number of rotatable bonds is 2. The topological polar surface area (TPSA) is 24.9 Å². The maximum atomic E-state index is 6.26. The SMILES string of the molecule is Cc1ccc(Cl)c(NC2CCCc3cccnc32)c1. The monoisotopic (exact) mass is 272 g/mol. The van der Waals surface area contributed by atoms with Gasteiger partial charge in [-0.05, 0) is 55.5 Å². The predicted octanol–water partition coefficient (Wildman–Crippen LogP) is 4.53. The molecule has 0 fully saturated rings. The van der Waals surface area contributed by atoms with Crippen molar-refractivity contribution in [3.63, 3.8) is 0 Å². The van der Waals surface area contributed by atoms with Crippen LogP contribution in [-0.4, -0.2) is 4.98 Å². The highest BCUT2D eigenvalue weighted by atomic mass is 35.5. The third-order valence-electron chi connectivity index (χ3n) is 3.65. The smallest absolute Gasteiger partial charge is 0.0688 e. The van der Waals surface area contributed by atoms with Crippen LogP contribution in [0.3, 0.4) is 0 Å². The average molecular weight is 273 g/mol. The first-order valence-corrected chi connectivity index (χ1v) is 7.08. The van der Waals surface area contributed by atoms with E-state index < -0.39 is 0 Å². The van der Waals surface area contributed by atoms with Gasteiger partial charge in [-0.25, -0.2) is 0 Å². The molecule has 0 spiro atoms. The highest BCUT2D eigenvalue weighted by Crippen LogP contribution is 2.33. The van der Waals surface area contributed by atoms with E-state index in [2.05, 4.69) is 29.4 Å². The van der Waals surface area contributed by atoms with Crippen molar-refractivity contribution < 1.29 is 0 Å². The molecule has 1 aliphatic rings. The number of pyridine rings is 1. The number of nitrogens with one attached hydrogen (secondary N) is 1. The zero-order valence-corrected chi connectivity index (χ0v) is 11.7. The fraction of sp³-hybridized carbons (Fsp3) is 0.312. The van der Waals surface area contributed by atoms with Gasteiger partial charge in [-0.1, -0.05) is 23.7 Å². The summed E-state index contributed by atoms with van der Waals surface area (Å²) in [7, 11) is 0. The molecule has 1 aromatic carbocycles. The van der Waals surface area contributed by atoms with E-state index in [4.69, 9.17) is 11.6 Å². The Kier molecular flexibility index (Phi) is 3.43. The normalized spacial score (nSPS) is 17.9. The molecule has 1 atom stereocenters. The highest BCUT2D eigenvalue weighted by Gasteiger charge is 2.21. The van der Waals surface area contributed by atoms with Crippen LogP contribution in [-0.2, 0) is 6.42 Å². The Morgan fingerprint density at radius 2 is 2.21 bits per heavy atom. The van der Waals surface area contributed by atoms with Crippen LogP contribution in [0.15, 0.2) is 36.5 Å². The van der Waals surface area contributed by atoms with Crippen molar-refractivity contribution in [3.05, 3.63) is 58.4 Å². The van der Waals surface area contributed by atoms with Gasteiger partial charge in [-0.2, -0.15) is 0 Å². The molecule has 0 aliphatic heterocycles. The van der Waals surface area contributed by atoms with Gasteiger partial charge in [0.1, 0.15) is 0 Å². The van der Waals surface area contributed by atoms with Gasteiger partial charge in [0.25, 0.3) is 0 Å². The van der Waals surface area contributed by atoms with E-state index in [0.717, 1.165) is 23.6 Å². The van der Waals surface area contributed by atoms with E-state index in [1.807, 2.05) is 24.4 Å². The predicted molar refractivity (Wildman–Crippen MR) is 79.7 cm³/mol. The number of anilines is 1. The lowest BCUT2D eigenvalue weighted by molar-refractivity contribution is 0.583. The van der Waals surface area contributed by atoms with Gasteiger partial charge in [0.05, 0.1) is 22.4 Å². The molecular formula is C16H17ClN2. The second-order valence-electron chi connectivity index (χ2n) is 5.12. The lowest BCUT2D eigenvalue weighted by atomic mass is 9.91. The summed E-state index contributed by atoms with van der Waals surface area (Å²) in [6.07, 6.45) is 5.30. The minimum absolute atomic E-state index is 0.268. The molecule has 3 heteroatoms. The first-order chi connectivity index (χ1) is 9.24. The van der Waals surface area contributed by atoms with Crippen molar-refractivity contribution in [1.29, 1.82) is 0 Å². The first-order valence-electron chi connectivity index (χ1n) is 6.70. The third-order valence-corrected chi connectivity index (χ3v) is 3.98. The molecule has 1 heterocycles. The molecule has 0 radical (unpaired) electrons. The first kappa shape index (κ1) is 12.5. The molecule has 1 N–H and O–H groups in total. The van der Waals surface area contributed by atoms with Crippen LogP contribution in [0.25, 0.3) is 0 Å². The summed E-state index contributed by atoms with van der Waals surface area (Å²) < 4.78 is 0. The van der Waals surface area contributed by atoms with Crippen molar-refractivity contribution in [2.24, 2.45) is 0 Å². The van der Waals surface area contributed by atoms with Gasteiger partial charge in [-0.3, -0.25) is 4.98 Å². The molecule has 2 aromatic rings. The van der Waals surface area contributed by atoms with Crippen LogP contribution in [0.5, 0.6) is 0 Å². The molecule has 1 aliphatic carbocycles. The minimum atomic E-state index is 0.268. The number of fused-ring (bicyclic) bond motifs is 1. The van der Waals surface area contributed by atoms with E-state index in [0.29, 0.717) is 0 Å². The van der Waals surface area contributed by atoms with Crippen LogP contribution >= 0.6 is 11.6 Å². The number of benzene rings is 1. The quantitative estimate of drug-likeness (QED) is 0.869. The Morgan fingerprint density at radius 3 is 3.11 bits per heavy atom. The number of halogens is 1. The molecule has 1 unspecified atom stereocenters. The zero-order valence-electron chi connectivity index (χ0n) is 11.0. The summed E-state index contributed by atoms with van der Waals surface area (Å²) in [5.41, 5.74) is 4.75. The third kappa shape index (κ3) is 2.59. The van der Waals surface area contributed by atoms with E-state index in [1.54, 1.807) is 0 Å². The molecule has 2 nitrogen and oxygen atoms in total. The van der Waals surface area contributed by atoms with Crippen molar-refractivity contribution in [1.82, 2.24) is 4.98 Å². The minimum Gasteiger partial charge on any atom is -0.375 e. The Morgan fingerprint density at radius 1 is 1.32 bits per heavy atom. The van der Waals surface area contributed by atoms with Crippen LogP contribution in [0.2, 0.25) is 5.02 Å². The van der Waals surface area contributed by atoms with Crippen LogP contribution in [0.4, 0.5) is 5.69 Å². The Labute approximate surface area is 118 Å². The van der Waals surface area contributed by atoms with E-state index in [-0.39, 0.29) is 6.04 Å². The largest absolute Gasteiger partial charge is 0.375 e. The molecule has 19 heavy (non-hydrogen) atoms. The molecule has 0 saturated carbocycles. The lowest BCUT2D eigenvalue weighted by Crippen LogP contribution is -2.19. The Bertz CT molecular complexity index is 595. The summed E-state index contributed by atoms with van der Waals surface area (Å²) in [4.78, 5) is 4.54. The standard InChI is InChI=1S/C16H17ClN2/c1-11-7-8-13(17)15(10-11)19-14-6-2-4-12-5-3-9-18-16(12)14/h3,5,7-10,14,19H,2,4,6H2,1H3. The summed E-state index contributed by atoms with van der Waals surface area (Å²) in [5, 5.41) is 4.32. The van der Waals surface area contributed by atoms with Crippen molar-refractivity contribution >= 4 is 17.3 Å². The summed E-state index contributed by atoms with van der Waals surface area (Å²) in [5.74, 6) is 0. The maximum Gasteiger partial charge on any atom is 0.0688 e. The second kappa shape index (κ2) is 5.22. The average Bonchev–Trinajstić information content (AvgIpc) is 2.43. The number of aryl methyl sites for hydroxylation is 2. The molecule has 0 amide bonds. The van der Waals surface area contributed by atoms with Crippen LogP contribution < -0.4 is 5.32 Å². The number of aromatic nitrogens is 1. The van der Waals surface area contributed by atoms with Gasteiger partial charge < -0.3 is 5.32 Å². The highest BCUT2D eigenvalue weighted by molar-refractivity contribution is 6.33. The summed E-state index contributed by atoms with van der Waals surface area (Å²) >= 11 is 6.26. The second-order valence-corrected chi connectivity index (χ2v) is 5.53. The number of nitrogens with zero attached hydrogens (tertiary/aromatic N) is 1. The summed E-state index contributed by atoms with van der Waals surface area (Å²) in [6.45, 7) is 2.08. The number of hydrogen-bond donors (Lipinski definition) is 1. The van der Waals surface area contributed by atoms with Gasteiger partial charge in [0.15, 0.2) is 0 Å². The maximum absolute atomic E-state index is 6.26. The number of hydrogen-bond acceptors (Lipinski definition) is 2. The van der Waals surface area contributed by atoms with Crippen molar-refractivity contribution in [3.8, 4) is 0 Å². The van der Waals surface area contributed by atoms with Crippen LogP contribution in [0.1, 0.15) is 35.7 Å². The molecule has 0 bridgehead atoms. The zero-order chi connectivity index (χ0) is 13.2. The lowest BCUT2D eigenvalue weighted by Gasteiger charge is -2.26. The van der Waals surface area contributed by atoms with Gasteiger partial charge >= 0.3 is 0 Å². The van der Waals surface area contributed by atoms with Crippen LogP contribution in [0, 0.1) is 6.92 Å². The van der Waals surface area contributed by atoms with Crippen molar-refractivity contribution in [2.75, 3.05) is 5.32 Å². The molecule has 0 saturated heterocycles. The van der Waals surface area contributed by atoms with E-state index >= 15 is 0 Å². The molecule has 98 valence electrons. The molecular weight excluding hydrogens is 256 g/mol. The fourth-order valence-corrected chi connectivity index (χ4v) is 2.86. The summed E-state index contributed by atoms with van der Waals surface area (Å²) in [6, 6.07) is 10.5. The Balaban J connectivity index is 1.90. The van der Waals surface area contributed by atoms with Gasteiger partial charge in [-0.15, -0.1) is 0 Å². The van der Waals surface area contributed by atoms with Crippen molar-refractivity contribution in [2.45, 2.75) is 32.2 Å².